The van der Waals surface area contributed by atoms with Gasteiger partial charge < -0.3 is 15.8 Å². The number of carbonyl (C=O) groups is 2. The highest BCUT2D eigenvalue weighted by atomic mass is 35.5. The van der Waals surface area contributed by atoms with Crippen molar-refractivity contribution < 1.29 is 14.3 Å². The molecule has 0 saturated heterocycles. The van der Waals surface area contributed by atoms with Crippen molar-refractivity contribution in [3.05, 3.63) is 0 Å². The number of carbonyl (C=O) groups excluding carboxylic acids is 2. The molecule has 0 aliphatic rings. The molecule has 5 nitrogen and oxygen atoms in total. The van der Waals surface area contributed by atoms with Crippen molar-refractivity contribution in [2.75, 3.05) is 37.2 Å². The van der Waals surface area contributed by atoms with E-state index in [2.05, 4.69) is 10.1 Å². The van der Waals surface area contributed by atoms with E-state index in [1.54, 1.807) is 11.8 Å². The van der Waals surface area contributed by atoms with Gasteiger partial charge in [0.15, 0.2) is 0 Å². The van der Waals surface area contributed by atoms with Crippen LogP contribution < -0.4 is 11.1 Å². The van der Waals surface area contributed by atoms with Gasteiger partial charge in [-0.05, 0) is 18.4 Å². The molecule has 0 spiro atoms. The van der Waals surface area contributed by atoms with Crippen LogP contribution in [0.5, 0.6) is 0 Å². The Hall–Kier alpha value is -0.110. The number of rotatable bonds is 9. The lowest BCUT2D eigenvalue weighted by Crippen LogP contribution is -2.41. The summed E-state index contributed by atoms with van der Waals surface area (Å²) in [5.74, 6) is 1.49. The van der Waals surface area contributed by atoms with Crippen molar-refractivity contribution in [2.24, 2.45) is 5.73 Å². The summed E-state index contributed by atoms with van der Waals surface area (Å²) < 4.78 is 4.49. The second-order valence-corrected chi connectivity index (χ2v) is 5.40. The number of hydrogen-bond acceptors (Lipinski definition) is 6. The van der Waals surface area contributed by atoms with E-state index in [-0.39, 0.29) is 24.3 Å². The van der Waals surface area contributed by atoms with Crippen LogP contribution in [0.4, 0.5) is 0 Å². The van der Waals surface area contributed by atoms with Crippen molar-refractivity contribution in [3.8, 4) is 0 Å². The molecule has 0 bridgehead atoms. The molecule has 108 valence electrons. The minimum atomic E-state index is -0.437. The molecule has 0 aromatic rings. The van der Waals surface area contributed by atoms with Crippen LogP contribution in [0.3, 0.4) is 0 Å². The van der Waals surface area contributed by atoms with Gasteiger partial charge >= 0.3 is 5.97 Å². The summed E-state index contributed by atoms with van der Waals surface area (Å²) in [7, 11) is 1.36. The molecule has 1 atom stereocenters. The molecule has 3 N–H and O–H groups in total. The highest BCUT2D eigenvalue weighted by Gasteiger charge is 2.11. The zero-order valence-corrected chi connectivity index (χ0v) is 13.1. The first-order chi connectivity index (χ1) is 8.11. The monoisotopic (exact) mass is 316 g/mol. The Morgan fingerprint density at radius 2 is 2.06 bits per heavy atom. The number of ether oxygens (including phenoxy) is 1. The number of nitrogens with one attached hydrogen (secondary N) is 1. The second-order valence-electron chi connectivity index (χ2n) is 3.31. The fourth-order valence-electron chi connectivity index (χ4n) is 0.968. The normalized spacial score (nSPS) is 11.3. The van der Waals surface area contributed by atoms with Crippen molar-refractivity contribution >= 4 is 47.8 Å². The largest absolute Gasteiger partial charge is 0.468 e. The van der Waals surface area contributed by atoms with Crippen LogP contribution in [0.25, 0.3) is 0 Å². The Bertz CT molecular complexity index is 245. The van der Waals surface area contributed by atoms with Gasteiger partial charge in [-0.25, -0.2) is 0 Å². The Morgan fingerprint density at radius 1 is 1.39 bits per heavy atom. The third-order valence-electron chi connectivity index (χ3n) is 1.96. The molecule has 0 radical (unpaired) electrons. The van der Waals surface area contributed by atoms with Gasteiger partial charge in [0, 0.05) is 12.3 Å². The van der Waals surface area contributed by atoms with E-state index in [1.165, 1.54) is 18.9 Å². The van der Waals surface area contributed by atoms with Crippen LogP contribution in [-0.2, 0) is 14.3 Å². The molecule has 8 heteroatoms. The fraction of sp³-hybridized carbons (Fsp3) is 0.800. The maximum atomic E-state index is 11.5. The summed E-state index contributed by atoms with van der Waals surface area (Å²) in [4.78, 5) is 22.2. The molecule has 1 amide bonds. The first kappa shape index (κ1) is 20.2. The summed E-state index contributed by atoms with van der Waals surface area (Å²) >= 11 is 3.09. The van der Waals surface area contributed by atoms with E-state index >= 15 is 0 Å². The van der Waals surface area contributed by atoms with Crippen LogP contribution in [0.2, 0.25) is 0 Å². The van der Waals surface area contributed by atoms with Crippen LogP contribution >= 0.6 is 35.9 Å². The van der Waals surface area contributed by atoms with Crippen molar-refractivity contribution in [3.63, 3.8) is 0 Å². The van der Waals surface area contributed by atoms with E-state index in [9.17, 15) is 9.59 Å². The number of nitrogens with two attached hydrogens (primary N) is 1. The number of halogens is 1. The average Bonchev–Trinajstić information content (AvgIpc) is 2.34. The molecule has 0 aromatic heterocycles. The molecular weight excluding hydrogens is 296 g/mol. The van der Waals surface area contributed by atoms with Gasteiger partial charge in [-0.2, -0.15) is 11.8 Å². The Balaban J connectivity index is 0. The number of hydrogen-bond donors (Lipinski definition) is 2. The van der Waals surface area contributed by atoms with Gasteiger partial charge in [0.25, 0.3) is 0 Å². The maximum Gasteiger partial charge on any atom is 0.315 e. The lowest BCUT2D eigenvalue weighted by atomic mass is 10.2. The number of thioether (sulfide) groups is 2. The van der Waals surface area contributed by atoms with Crippen LogP contribution in [0.15, 0.2) is 0 Å². The maximum absolute atomic E-state index is 11.5. The predicted octanol–water partition coefficient (Wildman–Crippen LogP) is 0.511. The molecule has 0 saturated carbocycles. The third kappa shape index (κ3) is 11.0. The van der Waals surface area contributed by atoms with Gasteiger partial charge in [0.05, 0.1) is 18.9 Å². The number of amides is 1. The zero-order valence-electron chi connectivity index (χ0n) is 10.6. The van der Waals surface area contributed by atoms with Gasteiger partial charge in [-0.3, -0.25) is 9.59 Å². The molecule has 0 rings (SSSR count). The second kappa shape index (κ2) is 13.3. The van der Waals surface area contributed by atoms with Gasteiger partial charge in [0.1, 0.15) is 0 Å². The molecule has 18 heavy (non-hydrogen) atoms. The van der Waals surface area contributed by atoms with Crippen molar-refractivity contribution in [2.45, 2.75) is 12.5 Å². The van der Waals surface area contributed by atoms with Gasteiger partial charge in [-0.15, -0.1) is 24.2 Å². The van der Waals surface area contributed by atoms with E-state index < -0.39 is 6.04 Å². The van der Waals surface area contributed by atoms with Gasteiger partial charge in [-0.1, -0.05) is 0 Å². The molecule has 0 aliphatic heterocycles. The quantitative estimate of drug-likeness (QED) is 0.476. The summed E-state index contributed by atoms with van der Waals surface area (Å²) in [6, 6.07) is -0.437. The number of esters is 1. The fourth-order valence-corrected chi connectivity index (χ4v) is 2.13. The minimum Gasteiger partial charge on any atom is -0.468 e. The Kier molecular flexibility index (Phi) is 15.0. The average molecular weight is 317 g/mol. The van der Waals surface area contributed by atoms with E-state index in [0.717, 1.165) is 5.75 Å². The third-order valence-corrected chi connectivity index (χ3v) is 3.54. The first-order valence-electron chi connectivity index (χ1n) is 5.28. The van der Waals surface area contributed by atoms with E-state index in [4.69, 9.17) is 5.73 Å². The molecule has 0 aromatic carbocycles. The highest BCUT2D eigenvalue weighted by Crippen LogP contribution is 2.00. The molecule has 0 unspecified atom stereocenters. The lowest BCUT2D eigenvalue weighted by molar-refractivity contribution is -0.137. The Labute approximate surface area is 123 Å². The SMILES string of the molecule is COC(=O)CSCCNC(=O)[C@@H](N)CCSC.Cl. The summed E-state index contributed by atoms with van der Waals surface area (Å²) in [5.41, 5.74) is 5.68. The van der Waals surface area contributed by atoms with E-state index in [0.29, 0.717) is 24.5 Å². The summed E-state index contributed by atoms with van der Waals surface area (Å²) in [6.07, 6.45) is 2.66. The van der Waals surface area contributed by atoms with Crippen LogP contribution in [-0.4, -0.2) is 55.1 Å². The number of methoxy groups -OCH3 is 1. The topological polar surface area (TPSA) is 81.4 Å². The van der Waals surface area contributed by atoms with Crippen molar-refractivity contribution in [1.82, 2.24) is 5.32 Å². The Morgan fingerprint density at radius 3 is 2.61 bits per heavy atom. The molecular formula is C10H21ClN2O3S2. The summed E-state index contributed by atoms with van der Waals surface area (Å²) in [5, 5.41) is 2.74. The lowest BCUT2D eigenvalue weighted by Gasteiger charge is -2.11. The predicted molar refractivity (Wildman–Crippen MR) is 80.6 cm³/mol. The smallest absolute Gasteiger partial charge is 0.315 e. The molecule has 0 aliphatic carbocycles. The summed E-state index contributed by atoms with van der Waals surface area (Å²) in [6.45, 7) is 0.521. The minimum absolute atomic E-state index is 0. The van der Waals surface area contributed by atoms with Gasteiger partial charge in [0.2, 0.25) is 5.91 Å². The standard InChI is InChI=1S/C10H20N2O3S2.ClH/c1-15-9(13)7-17-6-4-12-10(14)8(11)3-5-16-2;/h8H,3-7,11H2,1-2H3,(H,12,14);1H/t8-;/m0./s1. The van der Waals surface area contributed by atoms with E-state index in [1.807, 2.05) is 6.26 Å². The molecule has 0 fully saturated rings. The zero-order chi connectivity index (χ0) is 13.1. The van der Waals surface area contributed by atoms with Crippen LogP contribution in [0, 0.1) is 0 Å². The first-order valence-corrected chi connectivity index (χ1v) is 7.83. The highest BCUT2D eigenvalue weighted by molar-refractivity contribution is 7.99. The molecule has 0 heterocycles. The van der Waals surface area contributed by atoms with Crippen LogP contribution in [0.1, 0.15) is 6.42 Å². The van der Waals surface area contributed by atoms with Crippen molar-refractivity contribution in [1.29, 1.82) is 0 Å².